The molecule has 0 radical (unpaired) electrons. The molecule has 0 bridgehead atoms. The second kappa shape index (κ2) is 13.8. The van der Waals surface area contributed by atoms with Gasteiger partial charge in [-0.1, -0.05) is 170 Å². The molecule has 0 fully saturated rings. The summed E-state index contributed by atoms with van der Waals surface area (Å²) in [6.07, 6.45) is 0. The molecule has 13 rings (SSSR count). The summed E-state index contributed by atoms with van der Waals surface area (Å²) < 4.78 is 5.15. The van der Waals surface area contributed by atoms with Gasteiger partial charge in [0.25, 0.3) is 0 Å². The quantitative estimate of drug-likeness (QED) is 0.162. The maximum atomic E-state index is 5.17. The predicted octanol–water partition coefficient (Wildman–Crippen LogP) is 16.1. The highest BCUT2D eigenvalue weighted by atomic mass is 32.1. The Labute approximate surface area is 361 Å². The summed E-state index contributed by atoms with van der Waals surface area (Å²) in [4.78, 5) is 10.3. The second-order valence-corrected chi connectivity index (χ2v) is 17.1. The fourth-order valence-corrected chi connectivity index (χ4v) is 11.0. The molecule has 3 heterocycles. The molecule has 0 aliphatic rings. The number of hydrogen-bond donors (Lipinski definition) is 0. The molecule has 3 aromatic heterocycles. The van der Waals surface area contributed by atoms with Crippen LogP contribution in [0.1, 0.15) is 0 Å². The molecule has 13 aromatic rings. The molecule has 10 aromatic carbocycles. The Kier molecular flexibility index (Phi) is 7.78. The van der Waals surface area contributed by atoms with E-state index in [-0.39, 0.29) is 0 Å². The van der Waals surface area contributed by atoms with E-state index in [0.29, 0.717) is 5.82 Å². The lowest BCUT2D eigenvalue weighted by Gasteiger charge is -2.14. The van der Waals surface area contributed by atoms with E-state index in [0.717, 1.165) is 33.8 Å². The van der Waals surface area contributed by atoms with E-state index in [9.17, 15) is 0 Å². The summed E-state index contributed by atoms with van der Waals surface area (Å²) in [7, 11) is 0. The minimum atomic E-state index is 0.697. The first kappa shape index (κ1) is 34.9. The van der Waals surface area contributed by atoms with Crippen molar-refractivity contribution >= 4 is 85.6 Å². The van der Waals surface area contributed by atoms with Crippen molar-refractivity contribution in [3.05, 3.63) is 212 Å². The summed E-state index contributed by atoms with van der Waals surface area (Å²) >= 11 is 1.92. The molecule has 4 heteroatoms. The average molecular weight is 806 g/mol. The fourth-order valence-electron chi connectivity index (χ4n) is 9.79. The Morgan fingerprint density at radius 1 is 0.323 bits per heavy atom. The van der Waals surface area contributed by atoms with Crippen LogP contribution in [-0.4, -0.2) is 14.5 Å². The highest BCUT2D eigenvalue weighted by molar-refractivity contribution is 7.27. The number of rotatable bonds is 5. The van der Waals surface area contributed by atoms with Crippen LogP contribution in [0.15, 0.2) is 212 Å². The van der Waals surface area contributed by atoms with Gasteiger partial charge in [-0.05, 0) is 75.1 Å². The van der Waals surface area contributed by atoms with E-state index in [1.54, 1.807) is 0 Å². The number of benzene rings is 10. The van der Waals surface area contributed by atoms with Gasteiger partial charge in [-0.15, -0.1) is 11.3 Å². The van der Waals surface area contributed by atoms with Gasteiger partial charge in [-0.25, -0.2) is 9.97 Å². The highest BCUT2D eigenvalue weighted by Gasteiger charge is 2.25. The largest absolute Gasteiger partial charge is 0.308 e. The first-order valence-electron chi connectivity index (χ1n) is 21.1. The molecule has 0 aliphatic carbocycles. The molecule has 0 spiro atoms. The molecule has 288 valence electrons. The zero-order valence-electron chi connectivity index (χ0n) is 33.5. The number of aromatic nitrogens is 3. The molecule has 3 nitrogen and oxygen atoms in total. The van der Waals surface area contributed by atoms with E-state index in [1.165, 1.54) is 85.4 Å². The van der Waals surface area contributed by atoms with Gasteiger partial charge in [0.1, 0.15) is 0 Å². The molecular weight excluding hydrogens is 771 g/mol. The third-order valence-electron chi connectivity index (χ3n) is 12.6. The van der Waals surface area contributed by atoms with Gasteiger partial charge in [-0.2, -0.15) is 0 Å². The summed E-state index contributed by atoms with van der Waals surface area (Å²) in [5.41, 5.74) is 10.9. The molecule has 0 saturated heterocycles. The lowest BCUT2D eigenvalue weighted by molar-refractivity contribution is 1.17. The molecule has 62 heavy (non-hydrogen) atoms. The normalized spacial score (nSPS) is 11.9. The predicted molar refractivity (Wildman–Crippen MR) is 264 cm³/mol. The van der Waals surface area contributed by atoms with Crippen molar-refractivity contribution in [2.75, 3.05) is 0 Å². The van der Waals surface area contributed by atoms with Gasteiger partial charge in [0.2, 0.25) is 0 Å². The van der Waals surface area contributed by atoms with Crippen molar-refractivity contribution in [1.29, 1.82) is 0 Å². The van der Waals surface area contributed by atoms with Gasteiger partial charge >= 0.3 is 0 Å². The summed E-state index contributed by atoms with van der Waals surface area (Å²) in [5.74, 6) is 0.697. The first-order valence-corrected chi connectivity index (χ1v) is 21.9. The summed E-state index contributed by atoms with van der Waals surface area (Å²) in [6, 6.07) is 76.5. The number of thiophene rings is 1. The maximum Gasteiger partial charge on any atom is 0.160 e. The van der Waals surface area contributed by atoms with Crippen molar-refractivity contribution in [1.82, 2.24) is 14.5 Å². The van der Waals surface area contributed by atoms with Gasteiger partial charge in [0.05, 0.1) is 22.4 Å². The monoisotopic (exact) mass is 805 g/mol. The SMILES string of the molecule is c1ccc(-c2ccc3sc4c(c3c2)c2ccccc2c2c4c3c4ccccc4c4ccccc4c3n2-c2ccc(-c3nc(-c4ccccc4)cc(-c4ccccc4)n3)cc2)cc1. The third-order valence-corrected chi connectivity index (χ3v) is 13.8. The van der Waals surface area contributed by atoms with Crippen LogP contribution in [-0.2, 0) is 0 Å². The minimum absolute atomic E-state index is 0.697. The molecule has 0 amide bonds. The van der Waals surface area contributed by atoms with Crippen LogP contribution in [0, 0.1) is 0 Å². The van der Waals surface area contributed by atoms with Crippen molar-refractivity contribution in [2.45, 2.75) is 0 Å². The average Bonchev–Trinajstić information content (AvgIpc) is 3.92. The zero-order chi connectivity index (χ0) is 40.7. The summed E-state index contributed by atoms with van der Waals surface area (Å²) in [5, 5.41) is 12.7. The lowest BCUT2D eigenvalue weighted by atomic mass is 9.94. The van der Waals surface area contributed by atoms with Crippen molar-refractivity contribution in [2.24, 2.45) is 0 Å². The molecule has 0 atom stereocenters. The van der Waals surface area contributed by atoms with Crippen LogP contribution >= 0.6 is 11.3 Å². The van der Waals surface area contributed by atoms with Crippen LogP contribution in [0.25, 0.3) is 125 Å². The minimum Gasteiger partial charge on any atom is -0.308 e. The van der Waals surface area contributed by atoms with Crippen molar-refractivity contribution in [3.63, 3.8) is 0 Å². The molecule has 0 aliphatic heterocycles. The highest BCUT2D eigenvalue weighted by Crippen LogP contribution is 2.51. The molecule has 0 saturated carbocycles. The van der Waals surface area contributed by atoms with Gasteiger partial charge in [0, 0.05) is 64.1 Å². The van der Waals surface area contributed by atoms with E-state index in [2.05, 4.69) is 205 Å². The first-order chi connectivity index (χ1) is 30.8. The molecular formula is C58H35N3S. The number of nitrogens with zero attached hydrogens (tertiary/aromatic N) is 3. The van der Waals surface area contributed by atoms with Crippen LogP contribution in [0.4, 0.5) is 0 Å². The standard InChI is InChI=1S/C58H35N3S/c1-4-16-36(17-5-1)40-30-33-51-48(34-40)52-45-25-13-15-27-47(45)56-54(57(52)62-51)53-44-24-12-10-22-42(44)43-23-11-14-26-46(43)55(53)61(56)41-31-28-39(29-32-41)58-59-49(37-18-6-2-7-19-37)35-50(60-58)38-20-8-3-9-21-38/h1-35H. The lowest BCUT2D eigenvalue weighted by Crippen LogP contribution is -1.98. The van der Waals surface area contributed by atoms with Gasteiger partial charge < -0.3 is 4.57 Å². The van der Waals surface area contributed by atoms with Gasteiger partial charge in [-0.3, -0.25) is 0 Å². The van der Waals surface area contributed by atoms with E-state index >= 15 is 0 Å². The Morgan fingerprint density at radius 2 is 0.790 bits per heavy atom. The molecule has 0 unspecified atom stereocenters. The van der Waals surface area contributed by atoms with E-state index in [4.69, 9.17) is 9.97 Å². The van der Waals surface area contributed by atoms with Gasteiger partial charge in [0.15, 0.2) is 5.82 Å². The van der Waals surface area contributed by atoms with Crippen LogP contribution < -0.4 is 0 Å². The fraction of sp³-hybridized carbons (Fsp3) is 0. The third kappa shape index (κ3) is 5.30. The molecule has 0 N–H and O–H groups in total. The Hall–Kier alpha value is -7.92. The van der Waals surface area contributed by atoms with E-state index < -0.39 is 0 Å². The van der Waals surface area contributed by atoms with Crippen molar-refractivity contribution < 1.29 is 0 Å². The maximum absolute atomic E-state index is 5.17. The zero-order valence-corrected chi connectivity index (χ0v) is 34.3. The van der Waals surface area contributed by atoms with Crippen LogP contribution in [0.3, 0.4) is 0 Å². The Bertz CT molecular complexity index is 3830. The number of hydrogen-bond acceptors (Lipinski definition) is 3. The smallest absolute Gasteiger partial charge is 0.160 e. The van der Waals surface area contributed by atoms with E-state index in [1.807, 2.05) is 23.5 Å². The topological polar surface area (TPSA) is 30.7 Å². The van der Waals surface area contributed by atoms with Crippen LogP contribution in [0.5, 0.6) is 0 Å². The van der Waals surface area contributed by atoms with Crippen molar-refractivity contribution in [3.8, 4) is 50.7 Å². The second-order valence-electron chi connectivity index (χ2n) is 16.0. The summed E-state index contributed by atoms with van der Waals surface area (Å²) in [6.45, 7) is 0. The Balaban J connectivity index is 1.12. The Morgan fingerprint density at radius 3 is 1.40 bits per heavy atom. The number of fused-ring (bicyclic) bond motifs is 15. The van der Waals surface area contributed by atoms with Crippen LogP contribution in [0.2, 0.25) is 0 Å².